The second kappa shape index (κ2) is 8.87. The van der Waals surface area contributed by atoms with Gasteiger partial charge in [0.2, 0.25) is 0 Å². The average molecular weight is 439 g/mol. The molecule has 1 nitrogen and oxygen atoms in total. The van der Waals surface area contributed by atoms with Crippen LogP contribution in [0.25, 0.3) is 9.81 Å². The van der Waals surface area contributed by atoms with Gasteiger partial charge in [0.15, 0.2) is 5.78 Å². The number of allylic oxidation sites excluding steroid dienone is 4. The predicted molar refractivity (Wildman–Crippen MR) is 130 cm³/mol. The van der Waals surface area contributed by atoms with Gasteiger partial charge in [-0.25, -0.2) is 0 Å². The van der Waals surface area contributed by atoms with E-state index >= 15 is 0 Å². The van der Waals surface area contributed by atoms with Crippen molar-refractivity contribution in [2.45, 2.75) is 13.8 Å². The Balaban J connectivity index is 1.56. The number of benzene rings is 2. The molecule has 0 aromatic heterocycles. The molecule has 5 heteroatoms. The van der Waals surface area contributed by atoms with Crippen molar-refractivity contribution in [3.63, 3.8) is 0 Å². The van der Waals surface area contributed by atoms with Gasteiger partial charge in [0.05, 0.1) is 0 Å². The van der Waals surface area contributed by atoms with Crippen LogP contribution < -0.4 is 0 Å². The number of carbonyl (C=O) groups is 1. The summed E-state index contributed by atoms with van der Waals surface area (Å²) in [6.45, 7) is 4.20. The second-order valence-corrected chi connectivity index (χ2v) is 10.8. The molecule has 4 rings (SSSR count). The van der Waals surface area contributed by atoms with E-state index in [2.05, 4.69) is 38.1 Å². The van der Waals surface area contributed by atoms with Crippen LogP contribution in [0.1, 0.15) is 25.0 Å². The van der Waals surface area contributed by atoms with Gasteiger partial charge >= 0.3 is 0 Å². The molecule has 28 heavy (non-hydrogen) atoms. The van der Waals surface area contributed by atoms with Gasteiger partial charge in [-0.05, 0) is 36.1 Å². The van der Waals surface area contributed by atoms with E-state index in [0.29, 0.717) is 0 Å². The third kappa shape index (κ3) is 4.23. The Labute approximate surface area is 181 Å². The molecule has 0 unspecified atom stereocenters. The molecule has 0 bridgehead atoms. The summed E-state index contributed by atoms with van der Waals surface area (Å²) >= 11 is 0. The van der Waals surface area contributed by atoms with Crippen LogP contribution in [-0.4, -0.2) is 5.78 Å². The molecule has 140 valence electrons. The number of hydrogen-bond donors (Lipinski definition) is 0. The molecule has 2 aromatic carbocycles. The summed E-state index contributed by atoms with van der Waals surface area (Å²) in [7, 11) is 6.80. The first-order chi connectivity index (χ1) is 13.6. The van der Waals surface area contributed by atoms with Gasteiger partial charge in [0, 0.05) is 31.8 Å². The van der Waals surface area contributed by atoms with E-state index in [1.807, 2.05) is 36.4 Å². The quantitative estimate of drug-likeness (QED) is 0.354. The highest BCUT2D eigenvalue weighted by Crippen LogP contribution is 2.55. The number of hydrogen-bond acceptors (Lipinski definition) is 5. The molecular weight excluding hydrogens is 421 g/mol. The van der Waals surface area contributed by atoms with Gasteiger partial charge < -0.3 is 0 Å². The molecule has 2 aliphatic heterocycles. The molecule has 0 fully saturated rings. The maximum atomic E-state index is 12.7. The summed E-state index contributed by atoms with van der Waals surface area (Å²) in [4.78, 5) is 17.3. The Hall–Kier alpha value is -1.53. The van der Waals surface area contributed by atoms with E-state index in [1.54, 1.807) is 55.3 Å². The van der Waals surface area contributed by atoms with Crippen molar-refractivity contribution in [1.82, 2.24) is 0 Å². The third-order valence-corrected chi connectivity index (χ3v) is 9.84. The van der Waals surface area contributed by atoms with E-state index in [1.165, 1.54) is 32.1 Å². The summed E-state index contributed by atoms with van der Waals surface area (Å²) in [5, 5.41) is 0. The van der Waals surface area contributed by atoms with Crippen molar-refractivity contribution in [2.75, 3.05) is 0 Å². The fraction of sp³-hybridized carbons (Fsp3) is 0.0870. The monoisotopic (exact) mass is 438 g/mol. The lowest BCUT2D eigenvalue weighted by Gasteiger charge is -2.01. The zero-order valence-corrected chi connectivity index (χ0v) is 18.7. The topological polar surface area (TPSA) is 17.1 Å². The number of carbonyl (C=O) groups excluding carboxylic acids is 1. The molecule has 0 radical (unpaired) electrons. The molecule has 0 spiro atoms. The standard InChI is InChI=1S/C23H18OS4/c1-15-20(25-27-22(15)17-9-5-3-6-10-17)13-19(24)14-21-16(2)23(28-26-21)18-11-7-4-8-12-18/h3-14H,1-2H3/b20-13-,21-14-. The van der Waals surface area contributed by atoms with Gasteiger partial charge in [-0.2, -0.15) is 0 Å². The first-order valence-corrected chi connectivity index (χ1v) is 13.1. The molecule has 0 N–H and O–H groups in total. The lowest BCUT2D eigenvalue weighted by atomic mass is 10.1. The molecule has 2 aromatic rings. The Morgan fingerprint density at radius 2 is 1.04 bits per heavy atom. The fourth-order valence-electron chi connectivity index (χ4n) is 2.92. The van der Waals surface area contributed by atoms with Crippen LogP contribution >= 0.6 is 43.2 Å². The highest BCUT2D eigenvalue weighted by atomic mass is 33.1. The maximum Gasteiger partial charge on any atom is 0.180 e. The molecule has 2 aliphatic rings. The SMILES string of the molecule is CC1=C(c2ccccc2)SS/C1=C\C(=O)/C=C1\SSC(c2ccccc2)=C1C. The largest absolute Gasteiger partial charge is 0.290 e. The van der Waals surface area contributed by atoms with E-state index in [4.69, 9.17) is 0 Å². The summed E-state index contributed by atoms with van der Waals surface area (Å²) in [5.41, 5.74) is 4.78. The zero-order valence-electron chi connectivity index (χ0n) is 15.5. The average Bonchev–Trinajstić information content (AvgIpc) is 3.26. The van der Waals surface area contributed by atoms with Crippen LogP contribution in [-0.2, 0) is 4.79 Å². The lowest BCUT2D eigenvalue weighted by molar-refractivity contribution is -0.110. The van der Waals surface area contributed by atoms with Crippen molar-refractivity contribution in [3.05, 3.63) is 105 Å². The van der Waals surface area contributed by atoms with Crippen LogP contribution in [0.5, 0.6) is 0 Å². The second-order valence-electron chi connectivity index (χ2n) is 6.39. The Bertz CT molecular complexity index is 947. The fourth-order valence-corrected chi connectivity index (χ4v) is 8.52. The third-order valence-electron chi connectivity index (χ3n) is 4.47. The van der Waals surface area contributed by atoms with E-state index in [-0.39, 0.29) is 5.78 Å². The summed E-state index contributed by atoms with van der Waals surface area (Å²) in [5.74, 6) is 0.0496. The molecule has 0 aliphatic carbocycles. The molecule has 0 saturated carbocycles. The minimum atomic E-state index is 0.0496. The maximum absolute atomic E-state index is 12.7. The minimum absolute atomic E-state index is 0.0496. The summed E-state index contributed by atoms with van der Waals surface area (Å²) < 4.78 is 0. The Morgan fingerprint density at radius 1 is 0.643 bits per heavy atom. The van der Waals surface area contributed by atoms with Crippen molar-refractivity contribution in [3.8, 4) is 0 Å². The Kier molecular flexibility index (Phi) is 6.26. The molecular formula is C23H18OS4. The smallest absolute Gasteiger partial charge is 0.180 e. The van der Waals surface area contributed by atoms with Crippen LogP contribution in [0.2, 0.25) is 0 Å². The van der Waals surface area contributed by atoms with Crippen LogP contribution in [0.4, 0.5) is 0 Å². The van der Waals surface area contributed by atoms with Crippen LogP contribution in [0, 0.1) is 0 Å². The highest BCUT2D eigenvalue weighted by molar-refractivity contribution is 8.82. The summed E-state index contributed by atoms with van der Waals surface area (Å²) in [6.07, 6.45) is 3.55. The first-order valence-electron chi connectivity index (χ1n) is 8.83. The predicted octanol–water partition coefficient (Wildman–Crippen LogP) is 7.98. The van der Waals surface area contributed by atoms with Gasteiger partial charge in [-0.1, -0.05) is 104 Å². The molecule has 0 amide bonds. The Morgan fingerprint density at radius 3 is 1.43 bits per heavy atom. The minimum Gasteiger partial charge on any atom is -0.290 e. The van der Waals surface area contributed by atoms with E-state index < -0.39 is 0 Å². The molecule has 0 saturated heterocycles. The normalized spacial score (nSPS) is 19.9. The lowest BCUT2D eigenvalue weighted by Crippen LogP contribution is -1.91. The van der Waals surface area contributed by atoms with E-state index in [9.17, 15) is 4.79 Å². The van der Waals surface area contributed by atoms with Crippen LogP contribution in [0.15, 0.2) is 93.8 Å². The highest BCUT2D eigenvalue weighted by Gasteiger charge is 2.22. The van der Waals surface area contributed by atoms with Crippen molar-refractivity contribution < 1.29 is 4.79 Å². The van der Waals surface area contributed by atoms with Crippen LogP contribution in [0.3, 0.4) is 0 Å². The van der Waals surface area contributed by atoms with Crippen molar-refractivity contribution in [2.24, 2.45) is 0 Å². The van der Waals surface area contributed by atoms with Gasteiger partial charge in [-0.15, -0.1) is 0 Å². The van der Waals surface area contributed by atoms with Crippen molar-refractivity contribution >= 4 is 58.8 Å². The first kappa shape index (κ1) is 19.8. The van der Waals surface area contributed by atoms with Gasteiger partial charge in [0.25, 0.3) is 0 Å². The molecule has 2 heterocycles. The molecule has 0 atom stereocenters. The number of ketones is 1. The van der Waals surface area contributed by atoms with Gasteiger partial charge in [-0.3, -0.25) is 4.79 Å². The van der Waals surface area contributed by atoms with Gasteiger partial charge in [0.1, 0.15) is 0 Å². The summed E-state index contributed by atoms with van der Waals surface area (Å²) in [6, 6.07) is 20.7. The number of rotatable bonds is 4. The van der Waals surface area contributed by atoms with Crippen molar-refractivity contribution in [1.29, 1.82) is 0 Å². The van der Waals surface area contributed by atoms with E-state index in [0.717, 1.165) is 9.81 Å². The zero-order chi connectivity index (χ0) is 19.5.